The summed E-state index contributed by atoms with van der Waals surface area (Å²) in [5.41, 5.74) is 4.71. The molecule has 1 unspecified atom stereocenters. The van der Waals surface area contributed by atoms with Gasteiger partial charge in [0, 0.05) is 6.04 Å². The maximum Gasteiger partial charge on any atom is 0.0935 e. The first-order chi connectivity index (χ1) is 8.66. The Bertz CT molecular complexity index is 339. The average molecular weight is 250 g/mol. The second-order valence-electron chi connectivity index (χ2n) is 6.22. The van der Waals surface area contributed by atoms with Crippen LogP contribution in [0.2, 0.25) is 0 Å². The van der Waals surface area contributed by atoms with E-state index in [-0.39, 0.29) is 0 Å². The zero-order chi connectivity index (χ0) is 13.0. The second kappa shape index (κ2) is 5.89. The molecule has 1 aromatic rings. The minimum absolute atomic E-state index is 0.361. The summed E-state index contributed by atoms with van der Waals surface area (Å²) < 4.78 is 5.17. The van der Waals surface area contributed by atoms with Crippen LogP contribution in [0.3, 0.4) is 0 Å². The number of hydrogen-bond donors (Lipinski definition) is 2. The zero-order valence-electron chi connectivity index (χ0n) is 11.6. The zero-order valence-corrected chi connectivity index (χ0v) is 11.6. The highest BCUT2D eigenvalue weighted by Crippen LogP contribution is 2.46. The van der Waals surface area contributed by atoms with Crippen LogP contribution in [0.4, 0.5) is 0 Å². The van der Waals surface area contributed by atoms with E-state index in [1.54, 1.807) is 6.26 Å². The third kappa shape index (κ3) is 2.96. The molecule has 0 aromatic carbocycles. The van der Waals surface area contributed by atoms with E-state index in [1.807, 2.05) is 12.3 Å². The first-order valence-corrected chi connectivity index (χ1v) is 7.13. The van der Waals surface area contributed by atoms with Crippen LogP contribution in [0, 0.1) is 11.3 Å². The molecule has 1 fully saturated rings. The summed E-state index contributed by atoms with van der Waals surface area (Å²) in [4.78, 5) is 0. The Morgan fingerprint density at radius 3 is 2.61 bits per heavy atom. The smallest absolute Gasteiger partial charge is 0.0935 e. The van der Waals surface area contributed by atoms with Crippen LogP contribution in [0.5, 0.6) is 0 Å². The molecule has 102 valence electrons. The Kier molecular flexibility index (Phi) is 4.46. The molecule has 3 N–H and O–H groups in total. The standard InChI is InChI=1S/C15H26N2O/c1-12(2)10-15(6-3-4-7-15)14(17-16)9-13-5-8-18-11-13/h5,8,11-12,14,17H,3-4,6-7,9-10,16H2,1-2H3. The second-order valence-corrected chi connectivity index (χ2v) is 6.22. The van der Waals surface area contributed by atoms with E-state index in [0.29, 0.717) is 11.5 Å². The summed E-state index contributed by atoms with van der Waals surface area (Å²) in [6.07, 6.45) is 11.1. The molecule has 3 nitrogen and oxygen atoms in total. The van der Waals surface area contributed by atoms with E-state index in [2.05, 4.69) is 19.3 Å². The Labute approximate surface area is 110 Å². The van der Waals surface area contributed by atoms with E-state index in [9.17, 15) is 0 Å². The van der Waals surface area contributed by atoms with Crippen molar-refractivity contribution >= 4 is 0 Å². The molecule has 0 saturated heterocycles. The number of nitrogens with one attached hydrogen (secondary N) is 1. The Morgan fingerprint density at radius 2 is 2.11 bits per heavy atom. The van der Waals surface area contributed by atoms with Gasteiger partial charge in [0.05, 0.1) is 12.5 Å². The highest BCUT2D eigenvalue weighted by Gasteiger charge is 2.41. The maximum atomic E-state index is 5.85. The molecule has 0 bridgehead atoms. The topological polar surface area (TPSA) is 51.2 Å². The van der Waals surface area contributed by atoms with Crippen LogP contribution in [-0.4, -0.2) is 6.04 Å². The Balaban J connectivity index is 2.11. The molecule has 1 aliphatic rings. The molecular weight excluding hydrogens is 224 g/mol. The van der Waals surface area contributed by atoms with Crippen molar-refractivity contribution in [1.29, 1.82) is 0 Å². The van der Waals surface area contributed by atoms with Gasteiger partial charge in [-0.25, -0.2) is 0 Å². The summed E-state index contributed by atoms with van der Waals surface area (Å²) in [5.74, 6) is 6.57. The minimum Gasteiger partial charge on any atom is -0.472 e. The van der Waals surface area contributed by atoms with Gasteiger partial charge >= 0.3 is 0 Å². The molecule has 18 heavy (non-hydrogen) atoms. The average Bonchev–Trinajstić information content (AvgIpc) is 2.96. The monoisotopic (exact) mass is 250 g/mol. The number of hydrogen-bond acceptors (Lipinski definition) is 3. The molecule has 0 radical (unpaired) electrons. The number of hydrazine groups is 1. The Hall–Kier alpha value is -0.800. The molecule has 0 aliphatic heterocycles. The van der Waals surface area contributed by atoms with Gasteiger partial charge in [0.15, 0.2) is 0 Å². The molecule has 0 spiro atoms. The van der Waals surface area contributed by atoms with Crippen molar-refractivity contribution in [3.8, 4) is 0 Å². The van der Waals surface area contributed by atoms with E-state index >= 15 is 0 Å². The van der Waals surface area contributed by atoms with Crippen molar-refractivity contribution in [3.05, 3.63) is 24.2 Å². The van der Waals surface area contributed by atoms with Crippen molar-refractivity contribution < 1.29 is 4.42 Å². The van der Waals surface area contributed by atoms with Crippen LogP contribution in [0.15, 0.2) is 23.0 Å². The quantitative estimate of drug-likeness (QED) is 0.602. The van der Waals surface area contributed by atoms with Gasteiger partial charge in [0.2, 0.25) is 0 Å². The molecular formula is C15H26N2O. The van der Waals surface area contributed by atoms with Crippen molar-refractivity contribution in [2.75, 3.05) is 0 Å². The fourth-order valence-electron chi connectivity index (χ4n) is 3.68. The third-order valence-corrected chi connectivity index (χ3v) is 4.37. The molecule has 1 atom stereocenters. The van der Waals surface area contributed by atoms with Gasteiger partial charge in [-0.3, -0.25) is 11.3 Å². The molecule has 1 aromatic heterocycles. The molecule has 1 heterocycles. The van der Waals surface area contributed by atoms with Gasteiger partial charge in [-0.1, -0.05) is 26.7 Å². The molecule has 1 aliphatic carbocycles. The van der Waals surface area contributed by atoms with Gasteiger partial charge in [0.25, 0.3) is 0 Å². The van der Waals surface area contributed by atoms with Gasteiger partial charge in [0.1, 0.15) is 0 Å². The first kappa shape index (κ1) is 13.6. The minimum atomic E-state index is 0.361. The van der Waals surface area contributed by atoms with Gasteiger partial charge in [-0.15, -0.1) is 0 Å². The highest BCUT2D eigenvalue weighted by atomic mass is 16.3. The SMILES string of the molecule is CC(C)CC1(C(Cc2ccoc2)NN)CCCC1. The van der Waals surface area contributed by atoms with Gasteiger partial charge in [-0.2, -0.15) is 0 Å². The predicted molar refractivity (Wildman–Crippen MR) is 73.9 cm³/mol. The third-order valence-electron chi connectivity index (χ3n) is 4.37. The van der Waals surface area contributed by atoms with Crippen molar-refractivity contribution in [2.24, 2.45) is 17.2 Å². The Morgan fingerprint density at radius 1 is 1.39 bits per heavy atom. The summed E-state index contributed by atoms with van der Waals surface area (Å²) in [5, 5.41) is 0. The van der Waals surface area contributed by atoms with E-state index < -0.39 is 0 Å². The van der Waals surface area contributed by atoms with Gasteiger partial charge in [-0.05, 0) is 48.6 Å². The van der Waals surface area contributed by atoms with Crippen LogP contribution >= 0.6 is 0 Å². The molecule has 1 saturated carbocycles. The van der Waals surface area contributed by atoms with Crippen molar-refractivity contribution in [2.45, 2.75) is 58.4 Å². The van der Waals surface area contributed by atoms with Crippen LogP contribution in [0.1, 0.15) is 51.5 Å². The number of nitrogens with two attached hydrogens (primary N) is 1. The summed E-state index contributed by atoms with van der Waals surface area (Å²) in [7, 11) is 0. The van der Waals surface area contributed by atoms with Crippen molar-refractivity contribution in [1.82, 2.24) is 5.43 Å². The first-order valence-electron chi connectivity index (χ1n) is 7.13. The lowest BCUT2D eigenvalue weighted by molar-refractivity contribution is 0.154. The fraction of sp³-hybridized carbons (Fsp3) is 0.733. The molecule has 0 amide bonds. The summed E-state index contributed by atoms with van der Waals surface area (Å²) >= 11 is 0. The van der Waals surface area contributed by atoms with E-state index in [4.69, 9.17) is 10.3 Å². The van der Waals surface area contributed by atoms with E-state index in [1.165, 1.54) is 37.7 Å². The maximum absolute atomic E-state index is 5.85. The van der Waals surface area contributed by atoms with Crippen LogP contribution < -0.4 is 11.3 Å². The van der Waals surface area contributed by atoms with Crippen LogP contribution in [-0.2, 0) is 6.42 Å². The fourth-order valence-corrected chi connectivity index (χ4v) is 3.68. The summed E-state index contributed by atoms with van der Waals surface area (Å²) in [6.45, 7) is 4.62. The van der Waals surface area contributed by atoms with Crippen LogP contribution in [0.25, 0.3) is 0 Å². The van der Waals surface area contributed by atoms with Gasteiger partial charge < -0.3 is 4.42 Å². The lowest BCUT2D eigenvalue weighted by Gasteiger charge is -2.38. The summed E-state index contributed by atoms with van der Waals surface area (Å²) in [6, 6.07) is 2.41. The lowest BCUT2D eigenvalue weighted by atomic mass is 9.71. The number of furan rings is 1. The molecule has 3 heteroatoms. The predicted octanol–water partition coefficient (Wildman–Crippen LogP) is 3.26. The normalized spacial score (nSPS) is 20.4. The highest BCUT2D eigenvalue weighted by molar-refractivity contribution is 5.10. The number of rotatable bonds is 6. The largest absolute Gasteiger partial charge is 0.472 e. The molecule has 2 rings (SSSR count). The lowest BCUT2D eigenvalue weighted by Crippen LogP contribution is -2.49. The van der Waals surface area contributed by atoms with E-state index in [0.717, 1.165) is 12.3 Å². The van der Waals surface area contributed by atoms with Crippen molar-refractivity contribution in [3.63, 3.8) is 0 Å².